The molecule has 69 heavy (non-hydrogen) atoms. The summed E-state index contributed by atoms with van der Waals surface area (Å²) in [5, 5.41) is 7.35. The second-order valence-corrected chi connectivity index (χ2v) is 17.9. The molecule has 0 N–H and O–H groups in total. The van der Waals surface area contributed by atoms with Gasteiger partial charge in [0, 0.05) is 27.8 Å². The largest absolute Gasteiger partial charge is 0.449 e. The maximum absolute atomic E-state index is 7.35. The van der Waals surface area contributed by atoms with Gasteiger partial charge in [-0.1, -0.05) is 218 Å². The van der Waals surface area contributed by atoms with Crippen LogP contribution in [0.4, 0.5) is 0 Å². The van der Waals surface area contributed by atoms with Crippen molar-refractivity contribution in [2.75, 3.05) is 0 Å². The van der Waals surface area contributed by atoms with E-state index < -0.39 is 5.41 Å². The third-order valence-electron chi connectivity index (χ3n) is 14.2. The van der Waals surface area contributed by atoms with Crippen LogP contribution in [-0.4, -0.2) is 9.97 Å². The van der Waals surface area contributed by atoms with Gasteiger partial charge in [-0.05, 0) is 90.0 Å². The first kappa shape index (κ1) is 39.1. The van der Waals surface area contributed by atoms with Gasteiger partial charge >= 0.3 is 0 Å². The number of rotatable bonds is 6. The van der Waals surface area contributed by atoms with E-state index in [4.69, 9.17) is 19.4 Å². The molecule has 1 aliphatic carbocycles. The quantitative estimate of drug-likeness (QED) is 0.156. The highest BCUT2D eigenvalue weighted by Crippen LogP contribution is 2.63. The third-order valence-corrected chi connectivity index (χ3v) is 14.2. The van der Waals surface area contributed by atoms with Crippen LogP contribution in [0.3, 0.4) is 0 Å². The van der Waals surface area contributed by atoms with Crippen LogP contribution in [0.15, 0.2) is 243 Å². The second-order valence-electron chi connectivity index (χ2n) is 17.9. The molecule has 0 spiro atoms. The average molecular weight is 881 g/mol. The topological polar surface area (TPSA) is 44.2 Å². The van der Waals surface area contributed by atoms with Crippen molar-refractivity contribution in [2.45, 2.75) is 5.41 Å². The summed E-state index contributed by atoms with van der Waals surface area (Å²) < 4.78 is 14.2. The van der Waals surface area contributed by atoms with Crippen molar-refractivity contribution in [3.63, 3.8) is 0 Å². The van der Waals surface area contributed by atoms with Crippen LogP contribution in [0.2, 0.25) is 0 Å². The minimum Gasteiger partial charge on any atom is -0.449 e. The van der Waals surface area contributed by atoms with Crippen LogP contribution >= 0.6 is 0 Å². The zero-order valence-corrected chi connectivity index (χ0v) is 37.3. The van der Waals surface area contributed by atoms with Crippen LogP contribution in [-0.2, 0) is 5.41 Å². The summed E-state index contributed by atoms with van der Waals surface area (Å²) >= 11 is 0. The van der Waals surface area contributed by atoms with Crippen molar-refractivity contribution in [1.29, 1.82) is 0 Å². The molecule has 322 valence electrons. The molecule has 4 heteroatoms. The molecular formula is C65H40N2O2. The summed E-state index contributed by atoms with van der Waals surface area (Å²) in [5.74, 6) is 3.29. The van der Waals surface area contributed by atoms with Gasteiger partial charge in [-0.15, -0.1) is 0 Å². The molecule has 0 amide bonds. The van der Waals surface area contributed by atoms with E-state index in [1.165, 1.54) is 49.0 Å². The van der Waals surface area contributed by atoms with Crippen molar-refractivity contribution in [2.24, 2.45) is 0 Å². The molecule has 1 aromatic heterocycles. The summed E-state index contributed by atoms with van der Waals surface area (Å²) in [4.78, 5) is 10.8. The van der Waals surface area contributed by atoms with Gasteiger partial charge in [-0.2, -0.15) is 0 Å². The molecule has 1 aliphatic heterocycles. The monoisotopic (exact) mass is 880 g/mol. The molecule has 2 heterocycles. The molecule has 0 saturated carbocycles. The van der Waals surface area contributed by atoms with Gasteiger partial charge in [0.05, 0.1) is 16.8 Å². The zero-order chi connectivity index (χ0) is 45.5. The molecule has 14 rings (SSSR count). The van der Waals surface area contributed by atoms with Gasteiger partial charge in [0.25, 0.3) is 0 Å². The number of benzene rings is 11. The first-order valence-corrected chi connectivity index (χ1v) is 23.5. The lowest BCUT2D eigenvalue weighted by molar-refractivity contribution is 0.361. The lowest BCUT2D eigenvalue weighted by atomic mass is 9.68. The van der Waals surface area contributed by atoms with Crippen LogP contribution in [0, 0.1) is 0 Å². The molecule has 4 nitrogen and oxygen atoms in total. The van der Waals surface area contributed by atoms with Crippen molar-refractivity contribution in [1.82, 2.24) is 9.97 Å². The molecule has 0 bridgehead atoms. The summed E-state index contributed by atoms with van der Waals surface area (Å²) in [7, 11) is 0. The van der Waals surface area contributed by atoms with E-state index in [0.717, 1.165) is 55.9 Å². The number of hydrogen-bond acceptors (Lipinski definition) is 4. The van der Waals surface area contributed by atoms with E-state index in [1.807, 2.05) is 18.2 Å². The SMILES string of the molecule is c1ccc(-c2cc(-c3ccc4c5ccccc5c5ccccc5c4c3)nc(-c3ccccc3-c3cccc4c3Oc3c(ccc5c3-c3ccccc3C5(c3ccccc3)c3ccccc3)O4)n2)cc1. The van der Waals surface area contributed by atoms with Crippen molar-refractivity contribution >= 4 is 32.3 Å². The molecular weight excluding hydrogens is 841 g/mol. The van der Waals surface area contributed by atoms with Gasteiger partial charge in [-0.25, -0.2) is 9.97 Å². The molecule has 0 fully saturated rings. The summed E-state index contributed by atoms with van der Waals surface area (Å²) in [6, 6.07) is 85.9. The Labute approximate surface area is 399 Å². The molecule has 12 aromatic rings. The first-order valence-electron chi connectivity index (χ1n) is 23.5. The van der Waals surface area contributed by atoms with Crippen molar-refractivity contribution < 1.29 is 9.47 Å². The van der Waals surface area contributed by atoms with Crippen molar-refractivity contribution in [3.8, 4) is 79.2 Å². The maximum Gasteiger partial charge on any atom is 0.178 e. The Morgan fingerprint density at radius 1 is 0.304 bits per heavy atom. The fourth-order valence-corrected chi connectivity index (χ4v) is 11.2. The predicted molar refractivity (Wildman–Crippen MR) is 280 cm³/mol. The van der Waals surface area contributed by atoms with Crippen LogP contribution in [0.25, 0.3) is 88.5 Å². The van der Waals surface area contributed by atoms with Gasteiger partial charge < -0.3 is 9.47 Å². The van der Waals surface area contributed by atoms with E-state index in [1.54, 1.807) is 0 Å². The van der Waals surface area contributed by atoms with E-state index >= 15 is 0 Å². The predicted octanol–water partition coefficient (Wildman–Crippen LogP) is 16.9. The number of ether oxygens (including phenoxy) is 2. The van der Waals surface area contributed by atoms with E-state index in [0.29, 0.717) is 28.8 Å². The van der Waals surface area contributed by atoms with Gasteiger partial charge in [-0.3, -0.25) is 0 Å². The van der Waals surface area contributed by atoms with E-state index in [2.05, 4.69) is 224 Å². The van der Waals surface area contributed by atoms with Gasteiger partial charge in [0.2, 0.25) is 0 Å². The smallest absolute Gasteiger partial charge is 0.178 e. The normalized spacial score (nSPS) is 13.0. The molecule has 0 saturated heterocycles. The minimum absolute atomic E-state index is 0.579. The van der Waals surface area contributed by atoms with E-state index in [-0.39, 0.29) is 0 Å². The lowest BCUT2D eigenvalue weighted by Crippen LogP contribution is -2.28. The van der Waals surface area contributed by atoms with Crippen LogP contribution in [0.5, 0.6) is 23.0 Å². The average Bonchev–Trinajstić information content (AvgIpc) is 3.74. The number of nitrogens with zero attached hydrogens (tertiary/aromatic N) is 2. The Hall–Kier alpha value is -9.12. The molecule has 0 atom stereocenters. The Morgan fingerprint density at radius 2 is 0.826 bits per heavy atom. The Kier molecular flexibility index (Phi) is 8.77. The third kappa shape index (κ3) is 5.95. The van der Waals surface area contributed by atoms with E-state index in [9.17, 15) is 0 Å². The summed E-state index contributed by atoms with van der Waals surface area (Å²) in [5.41, 5.74) is 12.7. The summed E-state index contributed by atoms with van der Waals surface area (Å²) in [6.45, 7) is 0. The molecule has 0 radical (unpaired) electrons. The first-order chi connectivity index (χ1) is 34.2. The Balaban J connectivity index is 0.941. The van der Waals surface area contributed by atoms with Gasteiger partial charge in [0.15, 0.2) is 28.8 Å². The highest BCUT2D eigenvalue weighted by atomic mass is 16.6. The number of aromatic nitrogens is 2. The number of fused-ring (bicyclic) bond motifs is 12. The van der Waals surface area contributed by atoms with Gasteiger partial charge in [0.1, 0.15) is 0 Å². The van der Waals surface area contributed by atoms with Crippen molar-refractivity contribution in [3.05, 3.63) is 265 Å². The minimum atomic E-state index is -0.579. The molecule has 11 aromatic carbocycles. The zero-order valence-electron chi connectivity index (χ0n) is 37.3. The highest BCUT2D eigenvalue weighted by Gasteiger charge is 2.48. The number of hydrogen-bond donors (Lipinski definition) is 0. The fourth-order valence-electron chi connectivity index (χ4n) is 11.2. The standard InChI is InChI=1S/C65H40N2O2/c1-4-19-41(20-5-1)57-40-58(42-35-36-50-47-27-11-10-25-45(47)46-26-12-13-28-48(46)54(50)39-42)67-64(66-57)52-30-15-14-29-49(52)51-32-18-34-59-62(51)69-63-60(68-59)38-37-56-61(63)53-31-16-17-33-55(53)65(56,43-21-6-2-7-22-43)44-23-8-3-9-24-44/h1-40H. The maximum atomic E-state index is 7.35. The van der Waals surface area contributed by atoms with Crippen LogP contribution in [0.1, 0.15) is 22.3 Å². The molecule has 2 aliphatic rings. The van der Waals surface area contributed by atoms with Crippen LogP contribution < -0.4 is 9.47 Å². The lowest BCUT2D eigenvalue weighted by Gasteiger charge is -2.34. The molecule has 0 unspecified atom stereocenters. The Bertz CT molecular complexity index is 3940. The second kappa shape index (κ2) is 15.5. The number of para-hydroxylation sites is 1. The summed E-state index contributed by atoms with van der Waals surface area (Å²) in [6.07, 6.45) is 0. The fraction of sp³-hybridized carbons (Fsp3) is 0.0154. The highest BCUT2D eigenvalue weighted by molar-refractivity contribution is 6.25. The Morgan fingerprint density at radius 3 is 1.51 bits per heavy atom.